The number of hydrogen-bond donors (Lipinski definition) is 1. The van der Waals surface area contributed by atoms with E-state index in [-0.39, 0.29) is 22.7 Å². The molecule has 2 aromatic rings. The summed E-state index contributed by atoms with van der Waals surface area (Å²) in [4.78, 5) is 16.7. The van der Waals surface area contributed by atoms with Crippen LogP contribution in [0.4, 0.5) is 5.82 Å². The quantitative estimate of drug-likeness (QED) is 0.947. The molecule has 1 aliphatic carbocycles. The lowest BCUT2D eigenvalue weighted by Gasteiger charge is -2.06. The topological polar surface area (TPSA) is 59.8 Å². The van der Waals surface area contributed by atoms with Crippen molar-refractivity contribution in [1.82, 2.24) is 14.8 Å². The minimum atomic E-state index is 0.0276. The van der Waals surface area contributed by atoms with Crippen LogP contribution < -0.4 is 5.32 Å². The van der Waals surface area contributed by atoms with Gasteiger partial charge in [-0.2, -0.15) is 5.10 Å². The predicted molar refractivity (Wildman–Crippen MR) is 86.1 cm³/mol. The zero-order chi connectivity index (χ0) is 16.1. The third-order valence-electron chi connectivity index (χ3n) is 5.34. The van der Waals surface area contributed by atoms with E-state index in [1.807, 2.05) is 25.4 Å². The van der Waals surface area contributed by atoms with Crippen molar-refractivity contribution in [3.63, 3.8) is 0 Å². The number of amides is 1. The molecular formula is C17H22N4O. The highest BCUT2D eigenvalue weighted by Crippen LogP contribution is 2.68. The normalized spacial score (nSPS) is 19.0. The molecule has 5 nitrogen and oxygen atoms in total. The van der Waals surface area contributed by atoms with Gasteiger partial charge in [0.25, 0.3) is 0 Å². The Balaban J connectivity index is 1.71. The van der Waals surface area contributed by atoms with Gasteiger partial charge in [-0.3, -0.25) is 9.48 Å². The van der Waals surface area contributed by atoms with Crippen molar-refractivity contribution in [3.05, 3.63) is 30.7 Å². The first kappa shape index (κ1) is 14.8. The van der Waals surface area contributed by atoms with Gasteiger partial charge in [-0.1, -0.05) is 27.7 Å². The van der Waals surface area contributed by atoms with E-state index in [0.29, 0.717) is 5.82 Å². The van der Waals surface area contributed by atoms with Crippen LogP contribution in [0, 0.1) is 16.7 Å². The van der Waals surface area contributed by atoms with Crippen LogP contribution in [-0.2, 0) is 11.8 Å². The molecule has 1 saturated carbocycles. The number of pyridine rings is 1. The van der Waals surface area contributed by atoms with E-state index in [2.05, 4.69) is 43.1 Å². The van der Waals surface area contributed by atoms with Gasteiger partial charge in [-0.25, -0.2) is 4.98 Å². The molecule has 1 aliphatic rings. The zero-order valence-corrected chi connectivity index (χ0v) is 13.7. The van der Waals surface area contributed by atoms with Crippen molar-refractivity contribution in [2.45, 2.75) is 27.7 Å². The van der Waals surface area contributed by atoms with E-state index in [0.717, 1.165) is 11.1 Å². The Kier molecular flexibility index (Phi) is 3.13. The number of aryl methyl sites for hydroxylation is 1. The van der Waals surface area contributed by atoms with Crippen LogP contribution in [0.1, 0.15) is 27.7 Å². The summed E-state index contributed by atoms with van der Waals surface area (Å²) in [5.74, 6) is 0.674. The van der Waals surface area contributed by atoms with Gasteiger partial charge in [0, 0.05) is 36.5 Å². The maximum absolute atomic E-state index is 12.4. The van der Waals surface area contributed by atoms with Gasteiger partial charge in [0.15, 0.2) is 0 Å². The summed E-state index contributed by atoms with van der Waals surface area (Å²) in [7, 11) is 1.88. The Morgan fingerprint density at radius 2 is 1.82 bits per heavy atom. The van der Waals surface area contributed by atoms with Crippen LogP contribution >= 0.6 is 0 Å². The standard InChI is InChI=1S/C17H22N4O/c1-16(2)14(17(16,3)4)15(22)20-13-7-6-11(8-18-13)12-9-19-21(5)10-12/h6-10,14H,1-5H3,(H,18,20,22). The predicted octanol–water partition coefficient (Wildman–Crippen LogP) is 3.10. The fraction of sp³-hybridized carbons (Fsp3) is 0.471. The largest absolute Gasteiger partial charge is 0.310 e. The highest BCUT2D eigenvalue weighted by Gasteiger charge is 2.68. The maximum Gasteiger partial charge on any atom is 0.229 e. The van der Waals surface area contributed by atoms with E-state index in [1.165, 1.54) is 0 Å². The molecule has 22 heavy (non-hydrogen) atoms. The third kappa shape index (κ3) is 2.21. The summed E-state index contributed by atoms with van der Waals surface area (Å²) in [6.45, 7) is 8.54. The van der Waals surface area contributed by atoms with Crippen molar-refractivity contribution in [1.29, 1.82) is 0 Å². The third-order valence-corrected chi connectivity index (χ3v) is 5.34. The van der Waals surface area contributed by atoms with Gasteiger partial charge in [0.05, 0.1) is 6.20 Å². The van der Waals surface area contributed by atoms with Crippen molar-refractivity contribution in [3.8, 4) is 11.1 Å². The van der Waals surface area contributed by atoms with E-state index >= 15 is 0 Å². The van der Waals surface area contributed by atoms with E-state index in [4.69, 9.17) is 0 Å². The highest BCUT2D eigenvalue weighted by molar-refractivity contribution is 5.95. The average molecular weight is 298 g/mol. The summed E-state index contributed by atoms with van der Waals surface area (Å²) in [6.07, 6.45) is 5.49. The Hall–Kier alpha value is -2.17. The van der Waals surface area contributed by atoms with E-state index in [1.54, 1.807) is 17.1 Å². The summed E-state index contributed by atoms with van der Waals surface area (Å²) >= 11 is 0. The number of anilines is 1. The summed E-state index contributed by atoms with van der Waals surface area (Å²) < 4.78 is 1.75. The average Bonchev–Trinajstić information content (AvgIpc) is 2.75. The van der Waals surface area contributed by atoms with Gasteiger partial charge in [-0.15, -0.1) is 0 Å². The van der Waals surface area contributed by atoms with Crippen LogP contribution in [0.15, 0.2) is 30.7 Å². The molecule has 0 aromatic carbocycles. The van der Waals surface area contributed by atoms with Gasteiger partial charge >= 0.3 is 0 Å². The molecule has 0 saturated heterocycles. The first-order chi connectivity index (χ1) is 10.2. The van der Waals surface area contributed by atoms with Crippen LogP contribution in [0.25, 0.3) is 11.1 Å². The molecule has 1 fully saturated rings. The summed E-state index contributed by atoms with van der Waals surface area (Å²) in [5.41, 5.74) is 2.06. The Labute approximate surface area is 130 Å². The number of hydrogen-bond acceptors (Lipinski definition) is 3. The number of carbonyl (C=O) groups is 1. The van der Waals surface area contributed by atoms with Crippen LogP contribution in [0.3, 0.4) is 0 Å². The van der Waals surface area contributed by atoms with Gasteiger partial charge in [0.2, 0.25) is 5.91 Å². The molecule has 0 spiro atoms. The van der Waals surface area contributed by atoms with Crippen LogP contribution in [0.2, 0.25) is 0 Å². The molecule has 116 valence electrons. The molecule has 0 unspecified atom stereocenters. The first-order valence-electron chi connectivity index (χ1n) is 7.49. The second kappa shape index (κ2) is 4.66. The Morgan fingerprint density at radius 3 is 2.27 bits per heavy atom. The molecule has 0 aliphatic heterocycles. The van der Waals surface area contributed by atoms with Crippen LogP contribution in [-0.4, -0.2) is 20.7 Å². The minimum absolute atomic E-state index is 0.0276. The SMILES string of the molecule is Cn1cc(-c2ccc(NC(=O)C3C(C)(C)C3(C)C)nc2)cn1. The summed E-state index contributed by atoms with van der Waals surface area (Å²) in [5, 5.41) is 7.07. The highest BCUT2D eigenvalue weighted by atomic mass is 16.2. The molecule has 2 aromatic heterocycles. The van der Waals surface area contributed by atoms with Crippen LogP contribution in [0.5, 0.6) is 0 Å². The zero-order valence-electron chi connectivity index (χ0n) is 13.7. The number of carbonyl (C=O) groups excluding carboxylic acids is 1. The number of aromatic nitrogens is 3. The number of nitrogens with zero attached hydrogens (tertiary/aromatic N) is 3. The number of rotatable bonds is 3. The molecule has 1 N–H and O–H groups in total. The Morgan fingerprint density at radius 1 is 1.14 bits per heavy atom. The maximum atomic E-state index is 12.4. The molecule has 1 amide bonds. The van der Waals surface area contributed by atoms with Crippen molar-refractivity contribution in [2.24, 2.45) is 23.8 Å². The lowest BCUT2D eigenvalue weighted by atomic mass is 10.0. The molecule has 2 heterocycles. The van der Waals surface area contributed by atoms with Gasteiger partial charge in [-0.05, 0) is 23.0 Å². The second-order valence-electron chi connectivity index (χ2n) is 7.20. The monoisotopic (exact) mass is 298 g/mol. The fourth-order valence-corrected chi connectivity index (χ4v) is 3.26. The molecule has 5 heteroatoms. The molecule has 0 bridgehead atoms. The van der Waals surface area contributed by atoms with E-state index < -0.39 is 0 Å². The summed E-state index contributed by atoms with van der Waals surface area (Å²) in [6, 6.07) is 3.78. The second-order valence-corrected chi connectivity index (χ2v) is 7.20. The number of nitrogens with one attached hydrogen (secondary N) is 1. The lowest BCUT2D eigenvalue weighted by molar-refractivity contribution is -0.118. The fourth-order valence-electron chi connectivity index (χ4n) is 3.26. The molecule has 3 rings (SSSR count). The van der Waals surface area contributed by atoms with Gasteiger partial charge < -0.3 is 5.32 Å². The minimum Gasteiger partial charge on any atom is -0.310 e. The van der Waals surface area contributed by atoms with E-state index in [9.17, 15) is 4.79 Å². The van der Waals surface area contributed by atoms with Crippen molar-refractivity contribution >= 4 is 11.7 Å². The smallest absolute Gasteiger partial charge is 0.229 e. The van der Waals surface area contributed by atoms with Gasteiger partial charge in [0.1, 0.15) is 5.82 Å². The van der Waals surface area contributed by atoms with Crippen molar-refractivity contribution < 1.29 is 4.79 Å². The molecule has 0 atom stereocenters. The lowest BCUT2D eigenvalue weighted by Crippen LogP contribution is -2.18. The molecular weight excluding hydrogens is 276 g/mol. The van der Waals surface area contributed by atoms with Crippen molar-refractivity contribution in [2.75, 3.05) is 5.32 Å². The molecule has 0 radical (unpaired) electrons. The Bertz CT molecular complexity index is 699. The first-order valence-corrected chi connectivity index (χ1v) is 7.49.